The fraction of sp³-hybridized carbons (Fsp3) is 0.500. The Hall–Kier alpha value is -1.35. The first-order valence-corrected chi connectivity index (χ1v) is 6.29. The van der Waals surface area contributed by atoms with Crippen LogP contribution in [0.1, 0.15) is 24.8 Å². The lowest BCUT2D eigenvalue weighted by Gasteiger charge is -2.22. The predicted molar refractivity (Wildman–Crippen MR) is 68.6 cm³/mol. The van der Waals surface area contributed by atoms with Crippen molar-refractivity contribution in [3.05, 3.63) is 35.9 Å². The quantitative estimate of drug-likeness (QED) is 0.811. The summed E-state index contributed by atoms with van der Waals surface area (Å²) in [6.07, 6.45) is 2.93. The first-order valence-electron chi connectivity index (χ1n) is 6.29. The second-order valence-electron chi connectivity index (χ2n) is 4.59. The van der Waals surface area contributed by atoms with Crippen LogP contribution in [0.25, 0.3) is 0 Å². The fourth-order valence-electron chi connectivity index (χ4n) is 1.96. The molecule has 1 fully saturated rings. The van der Waals surface area contributed by atoms with E-state index in [0.29, 0.717) is 12.5 Å². The zero-order chi connectivity index (χ0) is 12.1. The van der Waals surface area contributed by atoms with Crippen molar-refractivity contribution in [2.24, 2.45) is 0 Å². The highest BCUT2D eigenvalue weighted by Gasteiger charge is 2.31. The van der Waals surface area contributed by atoms with Crippen molar-refractivity contribution < 1.29 is 4.79 Å². The van der Waals surface area contributed by atoms with Gasteiger partial charge in [0, 0.05) is 25.6 Å². The summed E-state index contributed by atoms with van der Waals surface area (Å²) in [5.74, 6) is 0.269. The maximum atomic E-state index is 12.1. The van der Waals surface area contributed by atoms with Crippen LogP contribution in [-0.4, -0.2) is 30.4 Å². The van der Waals surface area contributed by atoms with Gasteiger partial charge in [-0.15, -0.1) is 0 Å². The summed E-state index contributed by atoms with van der Waals surface area (Å²) in [5.41, 5.74) is 1.22. The molecule has 1 aromatic carbocycles. The fourth-order valence-corrected chi connectivity index (χ4v) is 1.96. The van der Waals surface area contributed by atoms with E-state index in [1.54, 1.807) is 0 Å². The number of rotatable bonds is 6. The SMILES string of the molecule is CNCCC(=O)N(Cc1ccccc1)C1CC1. The van der Waals surface area contributed by atoms with Crippen LogP contribution in [0.4, 0.5) is 0 Å². The Morgan fingerprint density at radius 3 is 2.65 bits per heavy atom. The Balaban J connectivity index is 1.95. The molecule has 0 saturated heterocycles. The molecule has 3 nitrogen and oxygen atoms in total. The number of nitrogens with one attached hydrogen (secondary N) is 1. The van der Waals surface area contributed by atoms with Crippen LogP contribution >= 0.6 is 0 Å². The second-order valence-corrected chi connectivity index (χ2v) is 4.59. The van der Waals surface area contributed by atoms with Gasteiger partial charge in [0.15, 0.2) is 0 Å². The third-order valence-electron chi connectivity index (χ3n) is 3.09. The molecule has 1 saturated carbocycles. The van der Waals surface area contributed by atoms with Gasteiger partial charge in [-0.25, -0.2) is 0 Å². The number of amides is 1. The van der Waals surface area contributed by atoms with E-state index in [1.165, 1.54) is 5.56 Å². The molecule has 0 bridgehead atoms. The third-order valence-corrected chi connectivity index (χ3v) is 3.09. The lowest BCUT2D eigenvalue weighted by Crippen LogP contribution is -2.34. The van der Waals surface area contributed by atoms with E-state index < -0.39 is 0 Å². The number of hydrogen-bond donors (Lipinski definition) is 1. The van der Waals surface area contributed by atoms with Gasteiger partial charge in [0.1, 0.15) is 0 Å². The van der Waals surface area contributed by atoms with Crippen LogP contribution in [-0.2, 0) is 11.3 Å². The molecule has 17 heavy (non-hydrogen) atoms. The molecule has 0 spiro atoms. The zero-order valence-electron chi connectivity index (χ0n) is 10.4. The van der Waals surface area contributed by atoms with Crippen LogP contribution < -0.4 is 5.32 Å². The van der Waals surface area contributed by atoms with E-state index in [2.05, 4.69) is 17.4 Å². The molecule has 0 radical (unpaired) electrons. The summed E-state index contributed by atoms with van der Waals surface area (Å²) in [6.45, 7) is 1.52. The standard InChI is InChI=1S/C14H20N2O/c1-15-10-9-14(17)16(13-7-8-13)11-12-5-3-2-4-6-12/h2-6,13,15H,7-11H2,1H3. The average Bonchev–Trinajstić information content (AvgIpc) is 3.18. The molecular formula is C14H20N2O. The van der Waals surface area contributed by atoms with Gasteiger partial charge in [-0.2, -0.15) is 0 Å². The molecule has 0 unspecified atom stereocenters. The Kier molecular flexibility index (Phi) is 4.15. The van der Waals surface area contributed by atoms with Crippen LogP contribution in [0.3, 0.4) is 0 Å². The van der Waals surface area contributed by atoms with Crippen molar-refractivity contribution in [2.75, 3.05) is 13.6 Å². The Bertz CT molecular complexity index is 360. The number of carbonyl (C=O) groups excluding carboxylic acids is 1. The summed E-state index contributed by atoms with van der Waals surface area (Å²) in [5, 5.41) is 3.03. The van der Waals surface area contributed by atoms with Crippen molar-refractivity contribution in [3.8, 4) is 0 Å². The summed E-state index contributed by atoms with van der Waals surface area (Å²) in [4.78, 5) is 14.1. The molecule has 0 aliphatic heterocycles. The number of carbonyl (C=O) groups is 1. The van der Waals surface area contributed by atoms with Crippen LogP contribution in [0.5, 0.6) is 0 Å². The van der Waals surface area contributed by atoms with E-state index in [0.717, 1.165) is 25.9 Å². The summed E-state index contributed by atoms with van der Waals surface area (Å²) in [6, 6.07) is 10.7. The topological polar surface area (TPSA) is 32.3 Å². The van der Waals surface area contributed by atoms with Crippen molar-refractivity contribution >= 4 is 5.91 Å². The van der Waals surface area contributed by atoms with Crippen LogP contribution in [0.2, 0.25) is 0 Å². The van der Waals surface area contributed by atoms with E-state index in [-0.39, 0.29) is 5.91 Å². The molecule has 0 atom stereocenters. The van der Waals surface area contributed by atoms with Gasteiger partial charge in [0.2, 0.25) is 5.91 Å². The maximum Gasteiger partial charge on any atom is 0.224 e. The number of nitrogens with zero attached hydrogens (tertiary/aromatic N) is 1. The summed E-state index contributed by atoms with van der Waals surface area (Å²) >= 11 is 0. The monoisotopic (exact) mass is 232 g/mol. The van der Waals surface area contributed by atoms with Crippen molar-refractivity contribution in [1.29, 1.82) is 0 Å². The third kappa shape index (κ3) is 3.56. The van der Waals surface area contributed by atoms with Gasteiger partial charge in [0.05, 0.1) is 0 Å². The molecule has 1 aliphatic rings. The molecule has 1 aromatic rings. The van der Waals surface area contributed by atoms with Crippen molar-refractivity contribution in [3.63, 3.8) is 0 Å². The molecule has 3 heteroatoms. The zero-order valence-corrected chi connectivity index (χ0v) is 10.4. The molecule has 2 rings (SSSR count). The highest BCUT2D eigenvalue weighted by molar-refractivity contribution is 5.77. The highest BCUT2D eigenvalue weighted by Crippen LogP contribution is 2.28. The van der Waals surface area contributed by atoms with Crippen molar-refractivity contribution in [2.45, 2.75) is 31.8 Å². The molecule has 1 N–H and O–H groups in total. The van der Waals surface area contributed by atoms with Gasteiger partial charge < -0.3 is 10.2 Å². The molecular weight excluding hydrogens is 212 g/mol. The average molecular weight is 232 g/mol. The highest BCUT2D eigenvalue weighted by atomic mass is 16.2. The smallest absolute Gasteiger partial charge is 0.224 e. The maximum absolute atomic E-state index is 12.1. The van der Waals surface area contributed by atoms with Gasteiger partial charge in [-0.3, -0.25) is 4.79 Å². The molecule has 0 aromatic heterocycles. The van der Waals surface area contributed by atoms with Gasteiger partial charge >= 0.3 is 0 Å². The minimum absolute atomic E-state index is 0.269. The Labute approximate surface area is 103 Å². The number of hydrogen-bond acceptors (Lipinski definition) is 2. The summed E-state index contributed by atoms with van der Waals surface area (Å²) < 4.78 is 0. The molecule has 92 valence electrons. The lowest BCUT2D eigenvalue weighted by atomic mass is 10.2. The van der Waals surface area contributed by atoms with Gasteiger partial charge in [-0.1, -0.05) is 30.3 Å². The minimum atomic E-state index is 0.269. The predicted octanol–water partition coefficient (Wildman–Crippen LogP) is 1.79. The van der Waals surface area contributed by atoms with E-state index >= 15 is 0 Å². The van der Waals surface area contributed by atoms with E-state index in [9.17, 15) is 4.79 Å². The lowest BCUT2D eigenvalue weighted by molar-refractivity contribution is -0.132. The van der Waals surface area contributed by atoms with Crippen LogP contribution in [0.15, 0.2) is 30.3 Å². The Morgan fingerprint density at radius 1 is 1.35 bits per heavy atom. The van der Waals surface area contributed by atoms with Crippen LogP contribution in [0, 0.1) is 0 Å². The Morgan fingerprint density at radius 2 is 2.06 bits per heavy atom. The molecule has 1 amide bonds. The van der Waals surface area contributed by atoms with Gasteiger partial charge in [-0.05, 0) is 25.5 Å². The minimum Gasteiger partial charge on any atom is -0.335 e. The number of benzene rings is 1. The molecule has 1 aliphatic carbocycles. The van der Waals surface area contributed by atoms with Crippen molar-refractivity contribution in [1.82, 2.24) is 10.2 Å². The summed E-state index contributed by atoms with van der Waals surface area (Å²) in [7, 11) is 1.88. The normalized spacial score (nSPS) is 14.6. The first-order chi connectivity index (χ1) is 8.31. The first kappa shape index (κ1) is 12.1. The van der Waals surface area contributed by atoms with E-state index in [1.807, 2.05) is 30.1 Å². The second kappa shape index (κ2) is 5.82. The van der Waals surface area contributed by atoms with Gasteiger partial charge in [0.25, 0.3) is 0 Å². The molecule has 0 heterocycles. The van der Waals surface area contributed by atoms with E-state index in [4.69, 9.17) is 0 Å². The largest absolute Gasteiger partial charge is 0.335 e.